The number of carbonyl (C=O) groups is 2. The van der Waals surface area contributed by atoms with Crippen LogP contribution in [0.15, 0.2) is 30.6 Å². The highest BCUT2D eigenvalue weighted by molar-refractivity contribution is 6.10. The van der Waals surface area contributed by atoms with Crippen molar-refractivity contribution in [3.63, 3.8) is 0 Å². The molecule has 0 bridgehead atoms. The first-order valence-corrected chi connectivity index (χ1v) is 11.0. The number of benzene rings is 1. The van der Waals surface area contributed by atoms with Gasteiger partial charge in [-0.25, -0.2) is 9.97 Å². The molecule has 0 spiro atoms. The summed E-state index contributed by atoms with van der Waals surface area (Å²) in [6.07, 6.45) is 6.25. The van der Waals surface area contributed by atoms with Crippen LogP contribution in [0.3, 0.4) is 0 Å². The first kappa shape index (κ1) is 21.1. The van der Waals surface area contributed by atoms with Crippen molar-refractivity contribution in [2.45, 2.75) is 44.9 Å². The molecule has 0 unspecified atom stereocenters. The molecule has 2 heterocycles. The second-order valence-electron chi connectivity index (χ2n) is 8.21. The number of anilines is 2. The van der Waals surface area contributed by atoms with Crippen LogP contribution in [0.4, 0.5) is 11.5 Å². The van der Waals surface area contributed by atoms with Crippen LogP contribution in [-0.2, 0) is 4.79 Å². The van der Waals surface area contributed by atoms with E-state index < -0.39 is 0 Å². The average molecular weight is 424 g/mol. The highest BCUT2D eigenvalue weighted by atomic mass is 16.5. The van der Waals surface area contributed by atoms with Gasteiger partial charge in [-0.3, -0.25) is 9.59 Å². The lowest BCUT2D eigenvalue weighted by Crippen LogP contribution is -2.32. The number of nitrogens with two attached hydrogens (primary N) is 1. The van der Waals surface area contributed by atoms with Crippen LogP contribution >= 0.6 is 0 Å². The molecular weight excluding hydrogens is 394 g/mol. The van der Waals surface area contributed by atoms with E-state index in [1.165, 1.54) is 11.9 Å². The summed E-state index contributed by atoms with van der Waals surface area (Å²) >= 11 is 0. The number of hydrogen-bond donors (Lipinski definition) is 2. The number of nitrogen functional groups attached to an aromatic ring is 1. The molecule has 3 N–H and O–H groups in total. The first-order valence-electron chi connectivity index (χ1n) is 11.0. The second kappa shape index (κ2) is 9.32. The zero-order chi connectivity index (χ0) is 21.8. The zero-order valence-corrected chi connectivity index (χ0v) is 17.8. The fourth-order valence-electron chi connectivity index (χ4n) is 4.57. The first-order chi connectivity index (χ1) is 15.1. The predicted molar refractivity (Wildman–Crippen MR) is 118 cm³/mol. The summed E-state index contributed by atoms with van der Waals surface area (Å²) in [4.78, 5) is 34.5. The maximum absolute atomic E-state index is 13.1. The monoisotopic (exact) mass is 423 g/mol. The minimum atomic E-state index is -0.246. The van der Waals surface area contributed by atoms with Gasteiger partial charge in [0.25, 0.3) is 5.91 Å². The van der Waals surface area contributed by atoms with E-state index in [2.05, 4.69) is 27.4 Å². The topological polar surface area (TPSA) is 110 Å². The van der Waals surface area contributed by atoms with Crippen LogP contribution in [0.2, 0.25) is 0 Å². The minimum Gasteiger partial charge on any atom is -0.475 e. The molecule has 0 radical (unpaired) electrons. The van der Waals surface area contributed by atoms with Crippen molar-refractivity contribution < 1.29 is 14.3 Å². The summed E-state index contributed by atoms with van der Waals surface area (Å²) in [5, 5.41) is 2.90. The summed E-state index contributed by atoms with van der Waals surface area (Å²) in [5.41, 5.74) is 8.22. The Labute approximate surface area is 182 Å². The van der Waals surface area contributed by atoms with E-state index in [0.717, 1.165) is 31.4 Å². The molecule has 1 aromatic heterocycles. The number of nitrogens with one attached hydrogen (secondary N) is 1. The highest BCUT2D eigenvalue weighted by Gasteiger charge is 2.29. The van der Waals surface area contributed by atoms with E-state index >= 15 is 0 Å². The van der Waals surface area contributed by atoms with Crippen LogP contribution < -0.4 is 20.7 Å². The Morgan fingerprint density at radius 1 is 1.19 bits per heavy atom. The summed E-state index contributed by atoms with van der Waals surface area (Å²) in [7, 11) is 0. The maximum Gasteiger partial charge on any atom is 0.267 e. The van der Waals surface area contributed by atoms with Crippen LogP contribution in [0.5, 0.6) is 5.88 Å². The summed E-state index contributed by atoms with van der Waals surface area (Å²) in [6, 6.07) is 8.18. The number of aromatic nitrogens is 2. The quantitative estimate of drug-likeness (QED) is 0.765. The summed E-state index contributed by atoms with van der Waals surface area (Å²) in [6.45, 7) is 3.40. The molecule has 2 aromatic rings. The van der Waals surface area contributed by atoms with E-state index in [0.29, 0.717) is 38.0 Å². The SMILES string of the molecule is CCNC(=O)C[C@H]1CC[C@H](c2ccc(N3CCOc4ncnc(N)c4C3=O)cc2)CC1. The number of amides is 2. The molecule has 0 saturated heterocycles. The Bertz CT molecular complexity index is 939. The normalized spacial score (nSPS) is 21.1. The molecule has 1 aromatic carbocycles. The number of carbonyl (C=O) groups excluding carboxylic acids is 2. The van der Waals surface area contributed by atoms with Crippen molar-refractivity contribution in [3.05, 3.63) is 41.7 Å². The Kier molecular flexibility index (Phi) is 6.34. The van der Waals surface area contributed by atoms with Gasteiger partial charge in [0.15, 0.2) is 0 Å². The van der Waals surface area contributed by atoms with Crippen molar-refractivity contribution in [2.75, 3.05) is 30.3 Å². The molecular formula is C23H29N5O3. The van der Waals surface area contributed by atoms with Gasteiger partial charge in [-0.15, -0.1) is 0 Å². The smallest absolute Gasteiger partial charge is 0.267 e. The Morgan fingerprint density at radius 3 is 2.65 bits per heavy atom. The van der Waals surface area contributed by atoms with Crippen molar-refractivity contribution in [1.82, 2.24) is 15.3 Å². The van der Waals surface area contributed by atoms with Crippen LogP contribution in [0, 0.1) is 5.92 Å². The largest absolute Gasteiger partial charge is 0.475 e. The molecule has 8 heteroatoms. The van der Waals surface area contributed by atoms with Crippen molar-refractivity contribution in [3.8, 4) is 5.88 Å². The van der Waals surface area contributed by atoms with Gasteiger partial charge in [-0.1, -0.05) is 12.1 Å². The van der Waals surface area contributed by atoms with Gasteiger partial charge in [0.1, 0.15) is 24.3 Å². The third-order valence-electron chi connectivity index (χ3n) is 6.23. The van der Waals surface area contributed by atoms with Gasteiger partial charge in [0.2, 0.25) is 11.8 Å². The maximum atomic E-state index is 13.1. The van der Waals surface area contributed by atoms with Gasteiger partial charge in [0, 0.05) is 18.7 Å². The fraction of sp³-hybridized carbons (Fsp3) is 0.478. The van der Waals surface area contributed by atoms with Crippen LogP contribution in [-0.4, -0.2) is 41.5 Å². The van der Waals surface area contributed by atoms with Crippen LogP contribution in [0.25, 0.3) is 0 Å². The van der Waals surface area contributed by atoms with E-state index in [9.17, 15) is 9.59 Å². The van der Waals surface area contributed by atoms with Crippen molar-refractivity contribution >= 4 is 23.3 Å². The molecule has 1 aliphatic carbocycles. The third-order valence-corrected chi connectivity index (χ3v) is 6.23. The summed E-state index contributed by atoms with van der Waals surface area (Å²) < 4.78 is 5.60. The lowest BCUT2D eigenvalue weighted by atomic mass is 9.77. The van der Waals surface area contributed by atoms with Gasteiger partial charge in [-0.05, 0) is 62.1 Å². The molecule has 164 valence electrons. The fourth-order valence-corrected chi connectivity index (χ4v) is 4.57. The lowest BCUT2D eigenvalue weighted by Gasteiger charge is -2.29. The number of hydrogen-bond acceptors (Lipinski definition) is 6. The standard InChI is InChI=1S/C23H29N5O3/c1-2-25-19(29)13-15-3-5-16(6-4-15)17-7-9-18(10-8-17)28-11-12-31-22-20(23(28)30)21(24)26-14-27-22/h7-10,14-16H,2-6,11-13H2,1H3,(H,25,29)(H2,24,26,27)/t15-,16-. The Morgan fingerprint density at radius 2 is 1.94 bits per heavy atom. The average Bonchev–Trinajstić information content (AvgIpc) is 2.94. The number of rotatable bonds is 5. The summed E-state index contributed by atoms with van der Waals surface area (Å²) in [5.74, 6) is 1.25. The molecule has 1 saturated carbocycles. The van der Waals surface area contributed by atoms with E-state index in [4.69, 9.17) is 10.5 Å². The minimum absolute atomic E-state index is 0.128. The second-order valence-corrected chi connectivity index (χ2v) is 8.21. The van der Waals surface area contributed by atoms with Crippen molar-refractivity contribution in [1.29, 1.82) is 0 Å². The molecule has 8 nitrogen and oxygen atoms in total. The third kappa shape index (κ3) is 4.62. The molecule has 0 atom stereocenters. The van der Waals surface area contributed by atoms with Gasteiger partial charge in [-0.2, -0.15) is 0 Å². The van der Waals surface area contributed by atoms with Crippen LogP contribution in [0.1, 0.15) is 60.9 Å². The molecule has 4 rings (SSSR count). The zero-order valence-electron chi connectivity index (χ0n) is 17.8. The van der Waals surface area contributed by atoms with Crippen molar-refractivity contribution in [2.24, 2.45) is 5.92 Å². The van der Waals surface area contributed by atoms with Gasteiger partial charge >= 0.3 is 0 Å². The molecule has 1 fully saturated rings. The Hall–Kier alpha value is -3.16. The van der Waals surface area contributed by atoms with Gasteiger partial charge in [0.05, 0.1) is 6.54 Å². The lowest BCUT2D eigenvalue weighted by molar-refractivity contribution is -0.122. The van der Waals surface area contributed by atoms with Gasteiger partial charge < -0.3 is 20.7 Å². The number of ether oxygens (including phenoxy) is 1. The highest BCUT2D eigenvalue weighted by Crippen LogP contribution is 2.38. The van der Waals surface area contributed by atoms with E-state index in [-0.39, 0.29) is 29.1 Å². The number of fused-ring (bicyclic) bond motifs is 1. The molecule has 1 aliphatic heterocycles. The predicted octanol–water partition coefficient (Wildman–Crippen LogP) is 2.90. The Balaban J connectivity index is 1.41. The number of nitrogens with zero attached hydrogens (tertiary/aromatic N) is 3. The molecule has 31 heavy (non-hydrogen) atoms. The molecule has 2 aliphatic rings. The van der Waals surface area contributed by atoms with E-state index in [1.807, 2.05) is 19.1 Å². The van der Waals surface area contributed by atoms with E-state index in [1.54, 1.807) is 4.90 Å². The molecule has 2 amide bonds.